The van der Waals surface area contributed by atoms with Gasteiger partial charge in [0.25, 0.3) is 0 Å². The van der Waals surface area contributed by atoms with Crippen LogP contribution in [0.15, 0.2) is 6.20 Å². The molecule has 0 saturated heterocycles. The lowest BCUT2D eigenvalue weighted by Gasteiger charge is -2.25. The number of nitrogens with one attached hydrogen (secondary N) is 2. The van der Waals surface area contributed by atoms with Gasteiger partial charge in [-0.25, -0.2) is 18.1 Å². The standard InChI is InChI=1S/C9H16ClN3O2S2/c1-9(2,13-17(3,14)15)6-11-5-8-12-4-7(10)16-8/h4,11,13H,5-6H2,1-3H3. The van der Waals surface area contributed by atoms with E-state index in [1.165, 1.54) is 11.3 Å². The molecule has 8 heteroatoms. The third-order valence-electron chi connectivity index (χ3n) is 1.83. The maximum Gasteiger partial charge on any atom is 0.209 e. The molecule has 0 spiro atoms. The van der Waals surface area contributed by atoms with Gasteiger partial charge in [0.15, 0.2) is 0 Å². The second kappa shape index (κ2) is 5.62. The largest absolute Gasteiger partial charge is 0.309 e. The van der Waals surface area contributed by atoms with Crippen LogP contribution in [0, 0.1) is 0 Å². The van der Waals surface area contributed by atoms with Crippen molar-refractivity contribution in [3.05, 3.63) is 15.5 Å². The molecule has 1 aromatic heterocycles. The fraction of sp³-hybridized carbons (Fsp3) is 0.667. The van der Waals surface area contributed by atoms with Crippen LogP contribution in [0.4, 0.5) is 0 Å². The summed E-state index contributed by atoms with van der Waals surface area (Å²) in [5, 5.41) is 4.02. The molecule has 1 heterocycles. The third-order valence-corrected chi connectivity index (χ3v) is 3.87. The molecule has 2 N–H and O–H groups in total. The van der Waals surface area contributed by atoms with Crippen LogP contribution in [0.5, 0.6) is 0 Å². The quantitative estimate of drug-likeness (QED) is 0.828. The zero-order valence-electron chi connectivity index (χ0n) is 9.95. The monoisotopic (exact) mass is 297 g/mol. The fourth-order valence-electron chi connectivity index (χ4n) is 1.39. The summed E-state index contributed by atoms with van der Waals surface area (Å²) in [4.78, 5) is 4.10. The first-order chi connectivity index (χ1) is 7.68. The van der Waals surface area contributed by atoms with E-state index >= 15 is 0 Å². The molecule has 1 rings (SSSR count). The number of halogens is 1. The van der Waals surface area contributed by atoms with E-state index in [2.05, 4.69) is 15.0 Å². The minimum absolute atomic E-state index is 0.511. The Hall–Kier alpha value is -0.210. The highest BCUT2D eigenvalue weighted by Crippen LogP contribution is 2.17. The number of sulfonamides is 1. The maximum absolute atomic E-state index is 11.1. The van der Waals surface area contributed by atoms with Gasteiger partial charge in [-0.2, -0.15) is 0 Å². The summed E-state index contributed by atoms with van der Waals surface area (Å²) in [6.45, 7) is 4.72. The molecule has 5 nitrogen and oxygen atoms in total. The predicted octanol–water partition coefficient (Wildman–Crippen LogP) is 1.21. The van der Waals surface area contributed by atoms with Crippen molar-refractivity contribution >= 4 is 33.0 Å². The SMILES string of the molecule is CC(C)(CNCc1ncc(Cl)s1)NS(C)(=O)=O. The Kier molecular flexibility index (Phi) is 4.91. The lowest BCUT2D eigenvalue weighted by molar-refractivity contribution is 0.421. The van der Waals surface area contributed by atoms with Gasteiger partial charge in [-0.3, -0.25) is 0 Å². The zero-order chi connectivity index (χ0) is 13.1. The average molecular weight is 298 g/mol. The Bertz CT molecular complexity index is 470. The molecule has 0 aromatic carbocycles. The third kappa shape index (κ3) is 6.32. The summed E-state index contributed by atoms with van der Waals surface area (Å²) < 4.78 is 25.4. The predicted molar refractivity (Wildman–Crippen MR) is 70.9 cm³/mol. The molecule has 0 bridgehead atoms. The lowest BCUT2D eigenvalue weighted by atomic mass is 10.1. The minimum Gasteiger partial charge on any atom is -0.309 e. The van der Waals surface area contributed by atoms with E-state index in [4.69, 9.17) is 11.6 Å². The summed E-state index contributed by atoms with van der Waals surface area (Å²) in [5.74, 6) is 0. The Balaban J connectivity index is 2.40. The van der Waals surface area contributed by atoms with Gasteiger partial charge in [0, 0.05) is 18.6 Å². The highest BCUT2D eigenvalue weighted by Gasteiger charge is 2.21. The van der Waals surface area contributed by atoms with Crippen LogP contribution in [-0.4, -0.2) is 31.7 Å². The van der Waals surface area contributed by atoms with E-state index < -0.39 is 15.6 Å². The molecule has 0 aliphatic carbocycles. The molecule has 0 unspecified atom stereocenters. The van der Waals surface area contributed by atoms with Crippen molar-refractivity contribution in [2.24, 2.45) is 0 Å². The molecule has 0 radical (unpaired) electrons. The van der Waals surface area contributed by atoms with E-state index in [-0.39, 0.29) is 0 Å². The van der Waals surface area contributed by atoms with Gasteiger partial charge in [-0.1, -0.05) is 11.6 Å². The Morgan fingerprint density at radius 2 is 2.18 bits per heavy atom. The molecule has 17 heavy (non-hydrogen) atoms. The van der Waals surface area contributed by atoms with Crippen LogP contribution < -0.4 is 10.0 Å². The lowest BCUT2D eigenvalue weighted by Crippen LogP contribution is -2.49. The first kappa shape index (κ1) is 14.8. The fourth-order valence-corrected chi connectivity index (χ4v) is 3.39. The highest BCUT2D eigenvalue weighted by atomic mass is 35.5. The normalized spacial score (nSPS) is 12.9. The molecular formula is C9H16ClN3O2S2. The summed E-state index contributed by atoms with van der Waals surface area (Å²) in [6.07, 6.45) is 2.75. The van der Waals surface area contributed by atoms with E-state index in [0.717, 1.165) is 11.3 Å². The molecule has 0 aliphatic heterocycles. The maximum atomic E-state index is 11.1. The van der Waals surface area contributed by atoms with Gasteiger partial charge in [0.2, 0.25) is 10.0 Å². The van der Waals surface area contributed by atoms with Crippen LogP contribution in [0.3, 0.4) is 0 Å². The minimum atomic E-state index is -3.20. The molecule has 98 valence electrons. The summed E-state index contributed by atoms with van der Waals surface area (Å²) in [7, 11) is -3.20. The zero-order valence-corrected chi connectivity index (χ0v) is 12.3. The van der Waals surface area contributed by atoms with Gasteiger partial charge in [0.1, 0.15) is 9.34 Å². The molecule has 0 atom stereocenters. The molecule has 0 aliphatic rings. The van der Waals surface area contributed by atoms with Gasteiger partial charge >= 0.3 is 0 Å². The van der Waals surface area contributed by atoms with Crippen molar-refractivity contribution in [3.8, 4) is 0 Å². The Morgan fingerprint density at radius 3 is 2.65 bits per heavy atom. The van der Waals surface area contributed by atoms with Crippen molar-refractivity contribution < 1.29 is 8.42 Å². The van der Waals surface area contributed by atoms with Crippen LogP contribution >= 0.6 is 22.9 Å². The second-order valence-electron chi connectivity index (χ2n) is 4.42. The molecule has 1 aromatic rings. The number of nitrogens with zero attached hydrogens (tertiary/aromatic N) is 1. The number of thiazole rings is 1. The average Bonchev–Trinajstić information content (AvgIpc) is 2.46. The number of hydrogen-bond donors (Lipinski definition) is 2. The summed E-state index contributed by atoms with van der Waals surface area (Å²) in [6, 6.07) is 0. The van der Waals surface area contributed by atoms with Crippen LogP contribution in [0.25, 0.3) is 0 Å². The number of aromatic nitrogens is 1. The molecule has 0 saturated carbocycles. The van der Waals surface area contributed by atoms with E-state index in [9.17, 15) is 8.42 Å². The van der Waals surface area contributed by atoms with Crippen molar-refractivity contribution in [2.75, 3.05) is 12.8 Å². The summed E-state index contributed by atoms with van der Waals surface area (Å²) in [5.41, 5.74) is -0.533. The van der Waals surface area contributed by atoms with Gasteiger partial charge in [-0.05, 0) is 13.8 Å². The van der Waals surface area contributed by atoms with Crippen molar-refractivity contribution in [1.29, 1.82) is 0 Å². The molecular weight excluding hydrogens is 282 g/mol. The molecule has 0 amide bonds. The molecule has 0 fully saturated rings. The Labute approximate surface area is 111 Å². The van der Waals surface area contributed by atoms with Crippen molar-refractivity contribution in [2.45, 2.75) is 25.9 Å². The number of rotatable bonds is 6. The second-order valence-corrected chi connectivity index (χ2v) is 7.91. The smallest absolute Gasteiger partial charge is 0.209 e. The first-order valence-corrected chi connectivity index (χ1v) is 8.06. The number of hydrogen-bond acceptors (Lipinski definition) is 5. The van der Waals surface area contributed by atoms with E-state index in [0.29, 0.717) is 17.4 Å². The van der Waals surface area contributed by atoms with Crippen LogP contribution in [-0.2, 0) is 16.6 Å². The van der Waals surface area contributed by atoms with Crippen molar-refractivity contribution in [1.82, 2.24) is 15.0 Å². The topological polar surface area (TPSA) is 71.1 Å². The van der Waals surface area contributed by atoms with Crippen molar-refractivity contribution in [3.63, 3.8) is 0 Å². The Morgan fingerprint density at radius 1 is 1.53 bits per heavy atom. The van der Waals surface area contributed by atoms with E-state index in [1.54, 1.807) is 6.20 Å². The highest BCUT2D eigenvalue weighted by molar-refractivity contribution is 7.88. The van der Waals surface area contributed by atoms with Gasteiger partial charge in [0.05, 0.1) is 12.5 Å². The summed E-state index contributed by atoms with van der Waals surface area (Å²) >= 11 is 7.16. The van der Waals surface area contributed by atoms with Gasteiger partial charge in [-0.15, -0.1) is 11.3 Å². The first-order valence-electron chi connectivity index (χ1n) is 4.98. The van der Waals surface area contributed by atoms with Crippen LogP contribution in [0.1, 0.15) is 18.9 Å². The van der Waals surface area contributed by atoms with E-state index in [1.807, 2.05) is 13.8 Å². The van der Waals surface area contributed by atoms with Gasteiger partial charge < -0.3 is 5.32 Å². The van der Waals surface area contributed by atoms with Crippen LogP contribution in [0.2, 0.25) is 4.34 Å².